The second-order valence-electron chi connectivity index (χ2n) is 2.67. The van der Waals surface area contributed by atoms with E-state index in [-0.39, 0.29) is 19.4 Å². The maximum Gasteiger partial charge on any atom is 0.305 e. The zero-order valence-corrected chi connectivity index (χ0v) is 8.01. The normalized spacial score (nSPS) is 11.1. The molecule has 84 valence electrons. The van der Waals surface area contributed by atoms with Crippen LogP contribution in [0.1, 0.15) is 26.2 Å². The summed E-state index contributed by atoms with van der Waals surface area (Å²) in [5.41, 5.74) is 0. The van der Waals surface area contributed by atoms with E-state index in [1.54, 1.807) is 0 Å². The van der Waals surface area contributed by atoms with Crippen LogP contribution in [0, 0.1) is 0 Å². The van der Waals surface area contributed by atoms with Crippen LogP contribution >= 0.6 is 0 Å². The first-order valence-corrected chi connectivity index (χ1v) is 4.12. The number of aliphatic carboxylic acids is 2. The number of hydrogen-bond donors (Lipinski definition) is 4. The molecule has 0 saturated carbocycles. The largest absolute Gasteiger partial charge is 0.481 e. The van der Waals surface area contributed by atoms with E-state index >= 15 is 0 Å². The number of aliphatic hydroxyl groups excluding tert-OH is 2. The number of aliphatic hydroxyl groups is 2. The molecule has 4 N–H and O–H groups in total. The zero-order chi connectivity index (χ0) is 11.6. The molecule has 1 atom stereocenters. The van der Waals surface area contributed by atoms with Crippen molar-refractivity contribution in [3.63, 3.8) is 0 Å². The van der Waals surface area contributed by atoms with Crippen molar-refractivity contribution >= 4 is 11.9 Å². The average molecular weight is 208 g/mol. The number of carboxylic acid groups (broad SMARTS) is 2. The highest BCUT2D eigenvalue weighted by atomic mass is 16.4. The fraction of sp³-hybridized carbons (Fsp3) is 0.750. The van der Waals surface area contributed by atoms with Crippen LogP contribution in [0.25, 0.3) is 0 Å². The quantitative estimate of drug-likeness (QED) is 0.492. The van der Waals surface area contributed by atoms with Gasteiger partial charge in [-0.2, -0.15) is 0 Å². The summed E-state index contributed by atoms with van der Waals surface area (Å²) in [6.07, 6.45) is -0.469. The standard InChI is InChI=1S/2C4H8O3/c1-3(5)2-4(6)7;5-3-1-2-4(6)7/h3,5H,2H2,1H3,(H,6,7);5H,1-3H2,(H,6,7)/t3-;/m1./s1. The van der Waals surface area contributed by atoms with Gasteiger partial charge in [0.25, 0.3) is 0 Å². The Morgan fingerprint density at radius 1 is 1.21 bits per heavy atom. The fourth-order valence-electron chi connectivity index (χ4n) is 0.483. The van der Waals surface area contributed by atoms with Crippen molar-refractivity contribution in [3.8, 4) is 0 Å². The highest BCUT2D eigenvalue weighted by Crippen LogP contribution is 1.85. The van der Waals surface area contributed by atoms with Crippen LogP contribution in [0.5, 0.6) is 0 Å². The van der Waals surface area contributed by atoms with Gasteiger partial charge >= 0.3 is 11.9 Å². The van der Waals surface area contributed by atoms with Crippen LogP contribution < -0.4 is 0 Å². The van der Waals surface area contributed by atoms with E-state index in [0.717, 1.165) is 0 Å². The van der Waals surface area contributed by atoms with Gasteiger partial charge in [0.1, 0.15) is 0 Å². The van der Waals surface area contributed by atoms with Gasteiger partial charge in [-0.3, -0.25) is 9.59 Å². The molecule has 0 aliphatic carbocycles. The maximum atomic E-state index is 9.65. The third-order valence-corrected chi connectivity index (χ3v) is 1.02. The van der Waals surface area contributed by atoms with Gasteiger partial charge in [-0.1, -0.05) is 0 Å². The van der Waals surface area contributed by atoms with Crippen molar-refractivity contribution < 1.29 is 30.0 Å². The molecule has 0 rings (SSSR count). The minimum atomic E-state index is -0.963. The lowest BCUT2D eigenvalue weighted by molar-refractivity contribution is -0.139. The Balaban J connectivity index is 0. The number of rotatable bonds is 5. The first-order valence-electron chi connectivity index (χ1n) is 4.12. The molecule has 0 amide bonds. The Morgan fingerprint density at radius 2 is 1.71 bits per heavy atom. The Morgan fingerprint density at radius 3 is 1.79 bits per heavy atom. The van der Waals surface area contributed by atoms with Gasteiger partial charge in [-0.15, -0.1) is 0 Å². The van der Waals surface area contributed by atoms with Crippen LogP contribution in [0.4, 0.5) is 0 Å². The number of hydrogen-bond acceptors (Lipinski definition) is 4. The summed E-state index contributed by atoms with van der Waals surface area (Å²) >= 11 is 0. The number of carboxylic acids is 2. The monoisotopic (exact) mass is 208 g/mol. The van der Waals surface area contributed by atoms with Crippen LogP contribution in [0.3, 0.4) is 0 Å². The fourth-order valence-corrected chi connectivity index (χ4v) is 0.483. The van der Waals surface area contributed by atoms with Gasteiger partial charge in [0.2, 0.25) is 0 Å². The molecule has 6 nitrogen and oxygen atoms in total. The summed E-state index contributed by atoms with van der Waals surface area (Å²) in [4.78, 5) is 19.3. The highest BCUT2D eigenvalue weighted by Gasteiger charge is 2.00. The molecule has 6 heteroatoms. The van der Waals surface area contributed by atoms with Crippen LogP contribution in [0.15, 0.2) is 0 Å². The molecular formula is C8H16O6. The molecule has 0 fully saturated rings. The second-order valence-corrected chi connectivity index (χ2v) is 2.67. The molecule has 0 radical (unpaired) electrons. The topological polar surface area (TPSA) is 115 Å². The van der Waals surface area contributed by atoms with Crippen molar-refractivity contribution in [2.75, 3.05) is 6.61 Å². The molecule has 0 aliphatic heterocycles. The van der Waals surface area contributed by atoms with Gasteiger partial charge in [0.05, 0.1) is 12.5 Å². The van der Waals surface area contributed by atoms with E-state index in [0.29, 0.717) is 6.42 Å². The van der Waals surface area contributed by atoms with Crippen molar-refractivity contribution in [2.45, 2.75) is 32.3 Å². The average Bonchev–Trinajstić information content (AvgIpc) is 1.99. The summed E-state index contributed by atoms with van der Waals surface area (Å²) in [6, 6.07) is 0. The first-order chi connectivity index (χ1) is 6.40. The summed E-state index contributed by atoms with van der Waals surface area (Å²) < 4.78 is 0. The lowest BCUT2D eigenvalue weighted by Crippen LogP contribution is -2.07. The lowest BCUT2D eigenvalue weighted by Gasteiger charge is -1.94. The third-order valence-electron chi connectivity index (χ3n) is 1.02. The van der Waals surface area contributed by atoms with E-state index in [9.17, 15) is 9.59 Å². The second kappa shape index (κ2) is 9.94. The molecule has 0 heterocycles. The van der Waals surface area contributed by atoms with E-state index in [1.165, 1.54) is 6.92 Å². The molecule has 14 heavy (non-hydrogen) atoms. The van der Waals surface area contributed by atoms with Crippen LogP contribution in [-0.4, -0.2) is 45.1 Å². The van der Waals surface area contributed by atoms with Gasteiger partial charge in [-0.05, 0) is 13.3 Å². The summed E-state index contributed by atoms with van der Waals surface area (Å²) in [6.45, 7) is 1.40. The predicted octanol–water partition coefficient (Wildman–Crippen LogP) is -0.315. The molecule has 0 bridgehead atoms. The molecular weight excluding hydrogens is 192 g/mol. The van der Waals surface area contributed by atoms with Crippen molar-refractivity contribution in [3.05, 3.63) is 0 Å². The molecule has 0 aromatic carbocycles. The van der Waals surface area contributed by atoms with E-state index in [4.69, 9.17) is 20.4 Å². The highest BCUT2D eigenvalue weighted by molar-refractivity contribution is 5.67. The summed E-state index contributed by atoms with van der Waals surface area (Å²) in [7, 11) is 0. The predicted molar refractivity (Wildman–Crippen MR) is 47.9 cm³/mol. The first kappa shape index (κ1) is 15.3. The third kappa shape index (κ3) is 22.4. The number of carbonyl (C=O) groups is 2. The van der Waals surface area contributed by atoms with Crippen molar-refractivity contribution in [2.24, 2.45) is 0 Å². The van der Waals surface area contributed by atoms with E-state index < -0.39 is 18.0 Å². The Kier molecular flexibility index (Phi) is 10.9. The Labute approximate surface area is 81.8 Å². The Bertz CT molecular complexity index is 165. The molecule has 0 saturated heterocycles. The minimum Gasteiger partial charge on any atom is -0.481 e. The van der Waals surface area contributed by atoms with Gasteiger partial charge in [-0.25, -0.2) is 0 Å². The maximum absolute atomic E-state index is 9.65. The molecule has 0 spiro atoms. The zero-order valence-electron chi connectivity index (χ0n) is 8.01. The van der Waals surface area contributed by atoms with Crippen LogP contribution in [0.2, 0.25) is 0 Å². The van der Waals surface area contributed by atoms with E-state index in [2.05, 4.69) is 0 Å². The Hall–Kier alpha value is -1.14. The summed E-state index contributed by atoms with van der Waals surface area (Å²) in [5, 5.41) is 32.3. The summed E-state index contributed by atoms with van der Waals surface area (Å²) in [5.74, 6) is -1.82. The van der Waals surface area contributed by atoms with E-state index in [1.807, 2.05) is 0 Å². The van der Waals surface area contributed by atoms with Crippen molar-refractivity contribution in [1.29, 1.82) is 0 Å². The molecule has 0 unspecified atom stereocenters. The van der Waals surface area contributed by atoms with Gasteiger partial charge in [0, 0.05) is 13.0 Å². The lowest BCUT2D eigenvalue weighted by atomic mass is 10.3. The minimum absolute atomic E-state index is 0.0354. The molecule has 0 aromatic rings. The van der Waals surface area contributed by atoms with Crippen LogP contribution in [-0.2, 0) is 9.59 Å². The molecule has 0 aliphatic rings. The molecule has 0 aromatic heterocycles. The smallest absolute Gasteiger partial charge is 0.305 e. The SMILES string of the molecule is C[C@@H](O)CC(=O)O.O=C(O)CCCO. The van der Waals surface area contributed by atoms with Gasteiger partial charge in [0.15, 0.2) is 0 Å². The van der Waals surface area contributed by atoms with Gasteiger partial charge < -0.3 is 20.4 Å². The van der Waals surface area contributed by atoms with Crippen molar-refractivity contribution in [1.82, 2.24) is 0 Å².